The molecule has 3 aliphatic rings. The highest BCUT2D eigenvalue weighted by molar-refractivity contribution is 6.01. The van der Waals surface area contributed by atoms with Gasteiger partial charge in [0.05, 0.1) is 18.0 Å². The molecule has 11 aromatic carbocycles. The van der Waals surface area contributed by atoms with Gasteiger partial charge in [0.2, 0.25) is 0 Å². The molecule has 3 aliphatic carbocycles. The van der Waals surface area contributed by atoms with Gasteiger partial charge in [-0.15, -0.1) is 0 Å². The van der Waals surface area contributed by atoms with Crippen molar-refractivity contribution in [1.29, 1.82) is 0 Å². The second kappa shape index (κ2) is 16.3. The van der Waals surface area contributed by atoms with Gasteiger partial charge in [0.1, 0.15) is 0 Å². The molecule has 14 rings (SSSR count). The first-order valence-electron chi connectivity index (χ1n) is 27.3. The zero-order chi connectivity index (χ0) is 52.3. The maximum atomic E-state index is 9.54. The Labute approximate surface area is 429 Å². The maximum absolute atomic E-state index is 9.54. The van der Waals surface area contributed by atoms with Gasteiger partial charge >= 0.3 is 0 Å². The van der Waals surface area contributed by atoms with Crippen LogP contribution in [0.3, 0.4) is 0 Å². The van der Waals surface area contributed by atoms with E-state index in [1.165, 1.54) is 22.3 Å². The van der Waals surface area contributed by atoms with Crippen molar-refractivity contribution >= 4 is 34.1 Å². The largest absolute Gasteiger partial charge is 0.310 e. The van der Waals surface area contributed by atoms with E-state index in [-0.39, 0.29) is 23.2 Å². The number of hydrogen-bond donors (Lipinski definition) is 0. The summed E-state index contributed by atoms with van der Waals surface area (Å²) in [5.74, 6) is 0. The van der Waals surface area contributed by atoms with Crippen molar-refractivity contribution in [3.63, 3.8) is 0 Å². The summed E-state index contributed by atoms with van der Waals surface area (Å²) in [5, 5.41) is 0. The minimum Gasteiger partial charge on any atom is -0.310 e. The van der Waals surface area contributed by atoms with Gasteiger partial charge in [0.15, 0.2) is 0 Å². The predicted molar refractivity (Wildman–Crippen MR) is 301 cm³/mol. The van der Waals surface area contributed by atoms with Crippen LogP contribution in [0.5, 0.6) is 0 Å². The number of anilines is 6. The highest BCUT2D eigenvalue weighted by Crippen LogP contribution is 2.65. The Morgan fingerprint density at radius 3 is 1.44 bits per heavy atom. The molecule has 2 heteroatoms. The average Bonchev–Trinajstić information content (AvgIpc) is 4.20. The van der Waals surface area contributed by atoms with Crippen molar-refractivity contribution in [3.05, 3.63) is 300 Å². The maximum Gasteiger partial charge on any atom is 0.0727 e. The monoisotopic (exact) mass is 923 g/mol. The molecule has 0 aromatic heterocycles. The van der Waals surface area contributed by atoms with Gasteiger partial charge in [0.25, 0.3) is 0 Å². The number of benzene rings is 11. The lowest BCUT2D eigenvalue weighted by Crippen LogP contribution is -2.26. The molecule has 0 heterocycles. The fourth-order valence-corrected chi connectivity index (χ4v) is 12.4. The molecular formula is C70H50N2. The molecule has 0 saturated heterocycles. The first-order valence-corrected chi connectivity index (χ1v) is 24.8. The van der Waals surface area contributed by atoms with E-state index in [1.807, 2.05) is 59.5 Å². The average molecular weight is 924 g/mol. The van der Waals surface area contributed by atoms with Crippen LogP contribution >= 0.6 is 0 Å². The van der Waals surface area contributed by atoms with Gasteiger partial charge in [0, 0.05) is 39.4 Å². The number of nitrogens with zero attached hydrogens (tertiary/aromatic N) is 2. The molecule has 340 valence electrons. The number of fused-ring (bicyclic) bond motifs is 13. The molecule has 1 spiro atoms. The zero-order valence-electron chi connectivity index (χ0n) is 44.9. The van der Waals surface area contributed by atoms with Gasteiger partial charge in [-0.1, -0.05) is 202 Å². The third kappa shape index (κ3) is 6.22. The van der Waals surface area contributed by atoms with E-state index < -0.39 is 23.5 Å². The molecule has 0 fully saturated rings. The minimum absolute atomic E-state index is 0.0730. The van der Waals surface area contributed by atoms with Crippen molar-refractivity contribution in [1.82, 2.24) is 0 Å². The zero-order valence-corrected chi connectivity index (χ0v) is 39.9. The van der Waals surface area contributed by atoms with Crippen LogP contribution < -0.4 is 9.80 Å². The lowest BCUT2D eigenvalue weighted by Gasteiger charge is -2.34. The smallest absolute Gasteiger partial charge is 0.0727 e. The SMILES string of the molecule is [2H]c1c([2H])c([2H])c(N(c2ccccc2)c2cc3c(cc2-c2ccccc2)-c2cc(-c4ccccc4)ccc2C32c3ccccc3-c3ccc(N(c4ccccc4)c4ccc5c(c4)C(C)(C)c4ccccc4-5)cc32)c([2H])c1[2H]. The van der Waals surface area contributed by atoms with E-state index in [0.717, 1.165) is 83.8 Å². The molecule has 0 radical (unpaired) electrons. The Bertz CT molecular complexity index is 4170. The molecule has 2 nitrogen and oxygen atoms in total. The van der Waals surface area contributed by atoms with Crippen molar-refractivity contribution in [2.45, 2.75) is 24.7 Å². The second-order valence-electron chi connectivity index (χ2n) is 19.6. The van der Waals surface area contributed by atoms with Crippen molar-refractivity contribution in [2.24, 2.45) is 0 Å². The Morgan fingerprint density at radius 2 is 0.778 bits per heavy atom. The predicted octanol–water partition coefficient (Wildman–Crippen LogP) is 18.6. The van der Waals surface area contributed by atoms with Crippen LogP contribution in [0.15, 0.2) is 267 Å². The first-order chi connectivity index (χ1) is 37.5. The Morgan fingerprint density at radius 1 is 0.292 bits per heavy atom. The molecule has 0 amide bonds. The van der Waals surface area contributed by atoms with Gasteiger partial charge in [-0.25, -0.2) is 0 Å². The van der Waals surface area contributed by atoms with Gasteiger partial charge in [-0.05, 0) is 162 Å². The number of hydrogen-bond acceptors (Lipinski definition) is 2. The van der Waals surface area contributed by atoms with Crippen LogP contribution in [-0.4, -0.2) is 0 Å². The van der Waals surface area contributed by atoms with E-state index in [0.29, 0.717) is 11.4 Å². The summed E-state index contributed by atoms with van der Waals surface area (Å²) >= 11 is 0. The fraction of sp³-hybridized carbons (Fsp3) is 0.0571. The third-order valence-corrected chi connectivity index (χ3v) is 15.5. The van der Waals surface area contributed by atoms with Crippen LogP contribution in [0.1, 0.15) is 54.1 Å². The van der Waals surface area contributed by atoms with Gasteiger partial charge in [-0.3, -0.25) is 0 Å². The van der Waals surface area contributed by atoms with Crippen LogP contribution in [0.2, 0.25) is 0 Å². The van der Waals surface area contributed by atoms with Gasteiger partial charge < -0.3 is 9.80 Å². The van der Waals surface area contributed by atoms with E-state index in [1.54, 1.807) is 0 Å². The summed E-state index contributed by atoms with van der Waals surface area (Å²) in [6.45, 7) is 4.66. The third-order valence-electron chi connectivity index (χ3n) is 15.5. The summed E-state index contributed by atoms with van der Waals surface area (Å²) in [6.07, 6.45) is 0. The summed E-state index contributed by atoms with van der Waals surface area (Å²) in [5.41, 5.74) is 21.5. The highest BCUT2D eigenvalue weighted by atomic mass is 15.1. The highest BCUT2D eigenvalue weighted by Gasteiger charge is 2.52. The Kier molecular flexibility index (Phi) is 8.36. The molecule has 0 saturated carbocycles. The summed E-state index contributed by atoms with van der Waals surface area (Å²) in [6, 6.07) is 82.3. The number of rotatable bonds is 8. The lowest BCUT2D eigenvalue weighted by atomic mass is 9.70. The summed E-state index contributed by atoms with van der Waals surface area (Å²) in [7, 11) is 0. The number of para-hydroxylation sites is 3. The van der Waals surface area contributed by atoms with Crippen molar-refractivity contribution in [2.75, 3.05) is 9.80 Å². The molecule has 1 atom stereocenters. The molecule has 1 unspecified atom stereocenters. The fourth-order valence-electron chi connectivity index (χ4n) is 12.4. The minimum atomic E-state index is -0.877. The Hall–Kier alpha value is -8.98. The van der Waals surface area contributed by atoms with Crippen LogP contribution in [0.4, 0.5) is 34.1 Å². The summed E-state index contributed by atoms with van der Waals surface area (Å²) in [4.78, 5) is 4.28. The van der Waals surface area contributed by atoms with E-state index in [2.05, 4.69) is 201 Å². The topological polar surface area (TPSA) is 6.48 Å². The molecular weight excluding hydrogens is 869 g/mol. The quantitative estimate of drug-likeness (QED) is 0.150. The standard InChI is InChI=1S/C70H50N2/c1-69(2)62-34-20-18-32-55(62)57-39-37-53(43-65(57)69)71(50-26-12-5-13-27-50)54-38-40-58-56-33-19-21-35-63(56)70(66(58)44-54)64-41-36-49(47-22-8-3-9-23-47)42-60(64)61-45-59(48-24-10-4-11-25-48)68(46-67(61)70)72(51-28-14-6-15-29-51)52-30-16-7-17-31-52/h3-46H,1-2H3/i6D,14D,15D,28D,29D. The molecule has 0 N–H and O–H groups in total. The summed E-state index contributed by atoms with van der Waals surface area (Å²) < 4.78 is 45.7. The lowest BCUT2D eigenvalue weighted by molar-refractivity contribution is 0.660. The van der Waals surface area contributed by atoms with Crippen LogP contribution in [-0.2, 0) is 10.8 Å². The molecule has 11 aromatic rings. The van der Waals surface area contributed by atoms with Crippen LogP contribution in [0, 0.1) is 0 Å². The van der Waals surface area contributed by atoms with E-state index >= 15 is 0 Å². The molecule has 72 heavy (non-hydrogen) atoms. The second-order valence-corrected chi connectivity index (χ2v) is 19.6. The van der Waals surface area contributed by atoms with Crippen LogP contribution in [0.25, 0.3) is 55.6 Å². The van der Waals surface area contributed by atoms with E-state index in [9.17, 15) is 2.74 Å². The molecule has 0 aliphatic heterocycles. The normalized spacial score (nSPS) is 15.9. The molecule has 0 bridgehead atoms. The van der Waals surface area contributed by atoms with Gasteiger partial charge in [-0.2, -0.15) is 0 Å². The van der Waals surface area contributed by atoms with Crippen molar-refractivity contribution < 1.29 is 6.85 Å². The Balaban J connectivity index is 1.09. The van der Waals surface area contributed by atoms with Crippen molar-refractivity contribution in [3.8, 4) is 55.6 Å². The first kappa shape index (κ1) is 36.9. The van der Waals surface area contributed by atoms with E-state index in [4.69, 9.17) is 4.11 Å².